The summed E-state index contributed by atoms with van der Waals surface area (Å²) in [5.41, 5.74) is 1.07. The zero-order chi connectivity index (χ0) is 21.3. The molecule has 0 radical (unpaired) electrons. The molecule has 9 nitrogen and oxygen atoms in total. The van der Waals surface area contributed by atoms with Crippen molar-refractivity contribution in [2.24, 2.45) is 0 Å². The molecule has 0 unspecified atom stereocenters. The Morgan fingerprint density at radius 2 is 2.03 bits per heavy atom. The SMILES string of the molecule is COCCn1c(=O)n([C@@H]2CCN(S(=O)(=O)c3cccc(OC)c3)C2)c2ncccc21. The summed E-state index contributed by atoms with van der Waals surface area (Å²) in [7, 11) is -0.614. The van der Waals surface area contributed by atoms with E-state index in [1.165, 1.54) is 17.5 Å². The normalized spacial score (nSPS) is 17.6. The fraction of sp³-hybridized carbons (Fsp3) is 0.400. The minimum Gasteiger partial charge on any atom is -0.497 e. The first-order valence-electron chi connectivity index (χ1n) is 9.66. The number of fused-ring (bicyclic) bond motifs is 1. The van der Waals surface area contributed by atoms with Crippen LogP contribution in [0.25, 0.3) is 11.2 Å². The van der Waals surface area contributed by atoms with E-state index < -0.39 is 10.0 Å². The second-order valence-electron chi connectivity index (χ2n) is 7.13. The number of sulfonamides is 1. The van der Waals surface area contributed by atoms with E-state index in [9.17, 15) is 13.2 Å². The van der Waals surface area contributed by atoms with Crippen molar-refractivity contribution in [3.8, 4) is 5.75 Å². The molecule has 1 saturated heterocycles. The van der Waals surface area contributed by atoms with Crippen LogP contribution in [0.5, 0.6) is 5.75 Å². The molecule has 10 heteroatoms. The molecule has 1 atom stereocenters. The first-order valence-corrected chi connectivity index (χ1v) is 11.1. The smallest absolute Gasteiger partial charge is 0.330 e. The third-order valence-corrected chi connectivity index (χ3v) is 7.27. The van der Waals surface area contributed by atoms with Crippen LogP contribution < -0.4 is 10.4 Å². The predicted molar refractivity (Wildman–Crippen MR) is 111 cm³/mol. The largest absolute Gasteiger partial charge is 0.497 e. The van der Waals surface area contributed by atoms with Crippen LogP contribution >= 0.6 is 0 Å². The lowest BCUT2D eigenvalue weighted by Crippen LogP contribution is -2.32. The first kappa shape index (κ1) is 20.6. The van der Waals surface area contributed by atoms with E-state index in [1.807, 2.05) is 6.07 Å². The summed E-state index contributed by atoms with van der Waals surface area (Å²) in [6, 6.07) is 9.74. The van der Waals surface area contributed by atoms with Gasteiger partial charge in [0.15, 0.2) is 5.65 Å². The highest BCUT2D eigenvalue weighted by Crippen LogP contribution is 2.29. The number of hydrogen-bond donors (Lipinski definition) is 0. The van der Waals surface area contributed by atoms with Gasteiger partial charge in [0, 0.05) is 32.5 Å². The second kappa shape index (κ2) is 8.21. The van der Waals surface area contributed by atoms with Crippen LogP contribution in [0.3, 0.4) is 0 Å². The fourth-order valence-corrected chi connectivity index (χ4v) is 5.41. The number of pyridine rings is 1. The summed E-state index contributed by atoms with van der Waals surface area (Å²) in [6.07, 6.45) is 2.17. The van der Waals surface area contributed by atoms with Gasteiger partial charge in [0.2, 0.25) is 10.0 Å². The quantitative estimate of drug-likeness (QED) is 0.561. The summed E-state index contributed by atoms with van der Waals surface area (Å²) in [4.78, 5) is 17.7. The minimum atomic E-state index is -3.69. The molecule has 160 valence electrons. The third kappa shape index (κ3) is 3.51. The molecule has 30 heavy (non-hydrogen) atoms. The second-order valence-corrected chi connectivity index (χ2v) is 9.07. The average molecular weight is 433 g/mol. The van der Waals surface area contributed by atoms with Gasteiger partial charge in [-0.05, 0) is 30.7 Å². The van der Waals surface area contributed by atoms with Crippen molar-refractivity contribution in [3.05, 3.63) is 53.1 Å². The standard InChI is InChI=1S/C20H24N4O5S/c1-28-12-11-23-18-7-4-9-21-19(18)24(20(23)25)15-8-10-22(14-15)30(26,27)17-6-3-5-16(13-17)29-2/h3-7,9,13,15H,8,10-12,14H2,1-2H3/t15-/m1/s1. The van der Waals surface area contributed by atoms with Crippen molar-refractivity contribution in [2.45, 2.75) is 23.9 Å². The molecule has 1 aromatic carbocycles. The maximum Gasteiger partial charge on any atom is 0.330 e. The van der Waals surface area contributed by atoms with Crippen molar-refractivity contribution in [2.75, 3.05) is 33.9 Å². The number of nitrogens with zero attached hydrogens (tertiary/aromatic N) is 4. The van der Waals surface area contributed by atoms with Gasteiger partial charge in [0.25, 0.3) is 0 Å². The Kier molecular flexibility index (Phi) is 5.63. The molecule has 3 aromatic rings. The maximum absolute atomic E-state index is 13.1. The molecule has 0 aliphatic carbocycles. The van der Waals surface area contributed by atoms with Gasteiger partial charge in [-0.2, -0.15) is 4.31 Å². The third-order valence-electron chi connectivity index (χ3n) is 5.41. The molecule has 0 bridgehead atoms. The van der Waals surface area contributed by atoms with Gasteiger partial charge >= 0.3 is 5.69 Å². The molecule has 0 amide bonds. The summed E-state index contributed by atoms with van der Waals surface area (Å²) >= 11 is 0. The summed E-state index contributed by atoms with van der Waals surface area (Å²) < 4.78 is 41.2. The zero-order valence-electron chi connectivity index (χ0n) is 16.9. The van der Waals surface area contributed by atoms with Crippen LogP contribution in [0, 0.1) is 0 Å². The molecule has 0 spiro atoms. The first-order chi connectivity index (χ1) is 14.5. The topological polar surface area (TPSA) is 95.7 Å². The van der Waals surface area contributed by atoms with Crippen molar-refractivity contribution in [1.29, 1.82) is 0 Å². The molecule has 1 aliphatic heterocycles. The Bertz CT molecular complexity index is 1220. The Hall–Kier alpha value is -2.69. The Morgan fingerprint density at radius 1 is 1.20 bits per heavy atom. The van der Waals surface area contributed by atoms with E-state index >= 15 is 0 Å². The van der Waals surface area contributed by atoms with Gasteiger partial charge in [-0.1, -0.05) is 6.07 Å². The summed E-state index contributed by atoms with van der Waals surface area (Å²) in [5.74, 6) is 0.480. The van der Waals surface area contributed by atoms with E-state index in [0.29, 0.717) is 43.0 Å². The highest BCUT2D eigenvalue weighted by molar-refractivity contribution is 7.89. The van der Waals surface area contributed by atoms with Crippen LogP contribution in [0.1, 0.15) is 12.5 Å². The summed E-state index contributed by atoms with van der Waals surface area (Å²) in [6.45, 7) is 1.34. The minimum absolute atomic E-state index is 0.176. The zero-order valence-corrected chi connectivity index (χ0v) is 17.7. The van der Waals surface area contributed by atoms with Crippen molar-refractivity contribution < 1.29 is 17.9 Å². The number of rotatable bonds is 7. The van der Waals surface area contributed by atoms with Crippen LogP contribution in [-0.2, 0) is 21.3 Å². The van der Waals surface area contributed by atoms with Gasteiger partial charge in [-0.25, -0.2) is 18.2 Å². The molecular weight excluding hydrogens is 408 g/mol. The predicted octanol–water partition coefficient (Wildman–Crippen LogP) is 1.49. The highest BCUT2D eigenvalue weighted by atomic mass is 32.2. The maximum atomic E-state index is 13.1. The number of imidazole rings is 1. The van der Waals surface area contributed by atoms with Crippen molar-refractivity contribution in [1.82, 2.24) is 18.4 Å². The highest BCUT2D eigenvalue weighted by Gasteiger charge is 2.35. The van der Waals surface area contributed by atoms with E-state index in [0.717, 1.165) is 0 Å². The lowest BCUT2D eigenvalue weighted by atomic mass is 10.2. The molecule has 1 fully saturated rings. The Labute approximate surface area is 174 Å². The van der Waals surface area contributed by atoms with Crippen LogP contribution in [0.2, 0.25) is 0 Å². The fourth-order valence-electron chi connectivity index (χ4n) is 3.89. The van der Waals surface area contributed by atoms with Gasteiger partial charge in [0.1, 0.15) is 5.75 Å². The molecule has 4 rings (SSSR count). The molecule has 0 saturated carbocycles. The summed E-state index contributed by atoms with van der Waals surface area (Å²) in [5, 5.41) is 0. The van der Waals surface area contributed by atoms with E-state index in [-0.39, 0.29) is 23.2 Å². The van der Waals surface area contributed by atoms with Crippen molar-refractivity contribution >= 4 is 21.2 Å². The molecular formula is C20H24N4O5S. The van der Waals surface area contributed by atoms with Crippen LogP contribution in [0.4, 0.5) is 0 Å². The van der Waals surface area contributed by atoms with E-state index in [4.69, 9.17) is 9.47 Å². The number of methoxy groups -OCH3 is 2. The Morgan fingerprint density at radius 3 is 2.80 bits per heavy atom. The van der Waals surface area contributed by atoms with Crippen molar-refractivity contribution in [3.63, 3.8) is 0 Å². The number of ether oxygens (including phenoxy) is 2. The lowest BCUT2D eigenvalue weighted by molar-refractivity contribution is 0.187. The van der Waals surface area contributed by atoms with Crippen LogP contribution in [-0.4, -0.2) is 60.8 Å². The lowest BCUT2D eigenvalue weighted by Gasteiger charge is -2.17. The van der Waals surface area contributed by atoms with Gasteiger partial charge < -0.3 is 9.47 Å². The molecule has 3 heterocycles. The van der Waals surface area contributed by atoms with E-state index in [2.05, 4.69) is 4.98 Å². The number of aromatic nitrogens is 3. The molecule has 0 N–H and O–H groups in total. The average Bonchev–Trinajstić information content (AvgIpc) is 3.35. The van der Waals surface area contributed by atoms with Gasteiger partial charge in [0.05, 0.1) is 36.7 Å². The van der Waals surface area contributed by atoms with Crippen LogP contribution in [0.15, 0.2) is 52.3 Å². The molecule has 2 aromatic heterocycles. The number of benzene rings is 1. The van der Waals surface area contributed by atoms with Gasteiger partial charge in [-0.3, -0.25) is 9.13 Å². The number of hydrogen-bond acceptors (Lipinski definition) is 6. The van der Waals surface area contributed by atoms with E-state index in [1.54, 1.807) is 46.7 Å². The van der Waals surface area contributed by atoms with Gasteiger partial charge in [-0.15, -0.1) is 0 Å². The Balaban J connectivity index is 1.67. The monoisotopic (exact) mass is 432 g/mol. The molecule has 1 aliphatic rings.